The van der Waals surface area contributed by atoms with E-state index in [0.29, 0.717) is 43.1 Å². The van der Waals surface area contributed by atoms with Gasteiger partial charge in [-0.05, 0) is 38.3 Å². The molecule has 2 atom stereocenters. The smallest absolute Gasteiger partial charge is 0.320 e. The molecule has 0 aliphatic carbocycles. The molecule has 1 aromatic carbocycles. The van der Waals surface area contributed by atoms with E-state index < -0.39 is 12.0 Å². The number of aliphatic imine (C=N–C) groups is 1. The highest BCUT2D eigenvalue weighted by Crippen LogP contribution is 2.26. The van der Waals surface area contributed by atoms with Crippen molar-refractivity contribution in [3.8, 4) is 0 Å². The third-order valence-corrected chi connectivity index (χ3v) is 5.83. The summed E-state index contributed by atoms with van der Waals surface area (Å²) in [5.41, 5.74) is 13.1. The van der Waals surface area contributed by atoms with Crippen molar-refractivity contribution >= 4 is 23.5 Å². The molecule has 9 nitrogen and oxygen atoms in total. The van der Waals surface area contributed by atoms with E-state index in [0.717, 1.165) is 12.1 Å². The standard InChI is InChI=1S/C16H15NO2.C7H16N4O2.C4H10.2C2H6/c1-11(18)13-9-14-7-8-15(17(14)10-13)16(19)12-5-3-2-4-6-12;1-10-7(9)11-4-2-3-5(8)6(12)13;1-3-4-2;2*1-2/h2-8,13H,9-10H2,1H3;5H,2-4,8H2,1H3,(H,12,13)(H3,9,10,11);3-4H2,1-2H3;2*1-2H3/t;5-;;;/m.0.../s1. The molecule has 226 valence electrons. The summed E-state index contributed by atoms with van der Waals surface area (Å²) in [6.45, 7) is 15.2. The number of carbonyl (C=O) groups excluding carboxylic acids is 2. The molecule has 40 heavy (non-hydrogen) atoms. The predicted octanol–water partition coefficient (Wildman–Crippen LogP) is 5.05. The van der Waals surface area contributed by atoms with E-state index in [-0.39, 0.29) is 17.5 Å². The second-order valence-corrected chi connectivity index (χ2v) is 8.65. The van der Waals surface area contributed by atoms with E-state index in [1.807, 2.05) is 74.7 Å². The maximum atomic E-state index is 12.4. The minimum absolute atomic E-state index is 0.0241. The van der Waals surface area contributed by atoms with Crippen molar-refractivity contribution in [2.24, 2.45) is 22.4 Å². The van der Waals surface area contributed by atoms with Gasteiger partial charge in [0.1, 0.15) is 11.8 Å². The lowest BCUT2D eigenvalue weighted by atomic mass is 10.0. The van der Waals surface area contributed by atoms with E-state index >= 15 is 0 Å². The second kappa shape index (κ2) is 23.4. The topological polar surface area (TPSA) is 153 Å². The fourth-order valence-corrected chi connectivity index (χ4v) is 3.39. The number of nitrogens with two attached hydrogens (primary N) is 2. The fraction of sp³-hybridized carbons (Fsp3) is 0.548. The van der Waals surface area contributed by atoms with Crippen LogP contribution in [0.15, 0.2) is 47.5 Å². The zero-order chi connectivity index (χ0) is 31.1. The molecule has 0 radical (unpaired) electrons. The average Bonchev–Trinajstić information content (AvgIpc) is 3.59. The number of Topliss-reactive ketones (excluding diaryl/α,β-unsaturated/α-hetero) is 1. The number of aromatic nitrogens is 1. The number of nitrogens with one attached hydrogen (secondary N) is 1. The molecule has 0 amide bonds. The molecule has 6 N–H and O–H groups in total. The van der Waals surface area contributed by atoms with E-state index in [2.05, 4.69) is 24.2 Å². The summed E-state index contributed by atoms with van der Waals surface area (Å²) in [6, 6.07) is 12.3. The number of unbranched alkanes of at least 4 members (excludes halogenated alkanes) is 1. The number of carboxylic acid groups (broad SMARTS) is 1. The number of carbonyl (C=O) groups is 3. The maximum absolute atomic E-state index is 12.4. The van der Waals surface area contributed by atoms with Gasteiger partial charge in [-0.2, -0.15) is 0 Å². The lowest BCUT2D eigenvalue weighted by molar-refractivity contribution is -0.138. The van der Waals surface area contributed by atoms with Gasteiger partial charge in [0.05, 0.1) is 5.69 Å². The molecule has 0 spiro atoms. The van der Waals surface area contributed by atoms with Gasteiger partial charge >= 0.3 is 5.97 Å². The minimum atomic E-state index is -0.975. The third kappa shape index (κ3) is 14.6. The largest absolute Gasteiger partial charge is 0.480 e. The van der Waals surface area contributed by atoms with Crippen LogP contribution in [0.25, 0.3) is 0 Å². The number of ketones is 2. The number of rotatable bonds is 9. The SMILES string of the molecule is CC.CC.CC(=O)C1Cc2ccc(C(=O)c3ccccc3)n2C1.CCCC.CN=C(N)NCCC[C@H](N)C(=O)O. The van der Waals surface area contributed by atoms with Crippen LogP contribution >= 0.6 is 0 Å². The number of fused-ring (bicyclic) bond motifs is 1. The van der Waals surface area contributed by atoms with Crippen LogP contribution in [0.1, 0.15) is 95.9 Å². The van der Waals surface area contributed by atoms with Crippen molar-refractivity contribution in [2.75, 3.05) is 13.6 Å². The van der Waals surface area contributed by atoms with Crippen molar-refractivity contribution in [3.05, 3.63) is 59.4 Å². The Hall–Kier alpha value is -3.46. The van der Waals surface area contributed by atoms with Crippen LogP contribution in [-0.4, -0.2) is 52.8 Å². The van der Waals surface area contributed by atoms with Crippen molar-refractivity contribution in [1.82, 2.24) is 9.88 Å². The molecule has 1 aliphatic heterocycles. The number of carboxylic acids is 1. The normalized spacial score (nSPS) is 13.7. The fourth-order valence-electron chi connectivity index (χ4n) is 3.39. The summed E-state index contributed by atoms with van der Waals surface area (Å²) < 4.78 is 1.99. The Morgan fingerprint density at radius 3 is 2.10 bits per heavy atom. The molecular weight excluding hydrogens is 506 g/mol. The van der Waals surface area contributed by atoms with Gasteiger partial charge in [0, 0.05) is 37.3 Å². The predicted molar refractivity (Wildman–Crippen MR) is 166 cm³/mol. The van der Waals surface area contributed by atoms with Crippen LogP contribution in [0, 0.1) is 5.92 Å². The van der Waals surface area contributed by atoms with Gasteiger partial charge in [-0.3, -0.25) is 19.4 Å². The highest BCUT2D eigenvalue weighted by atomic mass is 16.4. The first kappa shape index (κ1) is 38.7. The molecule has 2 heterocycles. The number of benzene rings is 1. The average molecular weight is 560 g/mol. The Morgan fingerprint density at radius 2 is 1.62 bits per heavy atom. The van der Waals surface area contributed by atoms with E-state index in [1.165, 1.54) is 12.8 Å². The van der Waals surface area contributed by atoms with Gasteiger partial charge in [0.2, 0.25) is 5.78 Å². The second-order valence-electron chi connectivity index (χ2n) is 8.65. The lowest BCUT2D eigenvalue weighted by Crippen LogP contribution is -2.34. The quantitative estimate of drug-likeness (QED) is 0.145. The van der Waals surface area contributed by atoms with Crippen molar-refractivity contribution in [2.45, 2.75) is 93.2 Å². The molecule has 1 aromatic heterocycles. The maximum Gasteiger partial charge on any atom is 0.320 e. The molecule has 2 aromatic rings. The Kier molecular flexibility index (Phi) is 22.7. The molecule has 0 saturated carbocycles. The highest BCUT2D eigenvalue weighted by molar-refractivity contribution is 6.08. The third-order valence-electron chi connectivity index (χ3n) is 5.83. The molecule has 0 fully saturated rings. The summed E-state index contributed by atoms with van der Waals surface area (Å²) in [6.07, 6.45) is 4.47. The van der Waals surface area contributed by atoms with Gasteiger partial charge in [-0.25, -0.2) is 0 Å². The van der Waals surface area contributed by atoms with Crippen LogP contribution in [0.5, 0.6) is 0 Å². The van der Waals surface area contributed by atoms with Crippen LogP contribution in [0.2, 0.25) is 0 Å². The summed E-state index contributed by atoms with van der Waals surface area (Å²) >= 11 is 0. The number of hydrogen-bond donors (Lipinski definition) is 4. The molecule has 0 saturated heterocycles. The van der Waals surface area contributed by atoms with Crippen molar-refractivity contribution in [1.29, 1.82) is 0 Å². The van der Waals surface area contributed by atoms with Gasteiger partial charge in [-0.1, -0.05) is 84.7 Å². The number of hydrogen-bond acceptors (Lipinski definition) is 5. The summed E-state index contributed by atoms with van der Waals surface area (Å²) in [7, 11) is 1.57. The lowest BCUT2D eigenvalue weighted by Gasteiger charge is -2.07. The van der Waals surface area contributed by atoms with Crippen molar-refractivity contribution in [3.63, 3.8) is 0 Å². The number of aliphatic carboxylic acids is 1. The van der Waals surface area contributed by atoms with E-state index in [9.17, 15) is 14.4 Å². The monoisotopic (exact) mass is 559 g/mol. The van der Waals surface area contributed by atoms with E-state index in [4.69, 9.17) is 16.6 Å². The Bertz CT molecular complexity index is 1000. The van der Waals surface area contributed by atoms with Gasteiger partial charge in [0.25, 0.3) is 0 Å². The van der Waals surface area contributed by atoms with Crippen LogP contribution in [0.4, 0.5) is 0 Å². The number of guanidine groups is 1. The van der Waals surface area contributed by atoms with Gasteiger partial charge < -0.3 is 26.5 Å². The molecule has 3 rings (SSSR count). The van der Waals surface area contributed by atoms with Gasteiger partial charge in [0.15, 0.2) is 5.96 Å². The van der Waals surface area contributed by atoms with Crippen LogP contribution < -0.4 is 16.8 Å². The van der Waals surface area contributed by atoms with Crippen LogP contribution in [0.3, 0.4) is 0 Å². The Morgan fingerprint density at radius 1 is 1.05 bits per heavy atom. The first-order valence-corrected chi connectivity index (χ1v) is 14.4. The summed E-state index contributed by atoms with van der Waals surface area (Å²) in [5, 5.41) is 11.2. The molecule has 1 aliphatic rings. The van der Waals surface area contributed by atoms with Crippen LogP contribution in [-0.2, 0) is 22.6 Å². The first-order valence-electron chi connectivity index (χ1n) is 14.4. The molecule has 1 unspecified atom stereocenters. The molecular formula is C31H53N5O4. The Balaban J connectivity index is 0. The summed E-state index contributed by atoms with van der Waals surface area (Å²) in [5.74, 6) is -0.377. The zero-order valence-electron chi connectivity index (χ0n) is 25.9. The summed E-state index contributed by atoms with van der Waals surface area (Å²) in [4.78, 5) is 37.9. The highest BCUT2D eigenvalue weighted by Gasteiger charge is 2.28. The number of nitrogens with zero attached hydrogens (tertiary/aromatic N) is 2. The molecule has 9 heteroatoms. The first-order chi connectivity index (χ1) is 19.2. The van der Waals surface area contributed by atoms with E-state index in [1.54, 1.807) is 14.0 Å². The van der Waals surface area contributed by atoms with Gasteiger partial charge in [-0.15, -0.1) is 0 Å². The Labute approximate surface area is 241 Å². The van der Waals surface area contributed by atoms with Crippen molar-refractivity contribution < 1.29 is 19.5 Å². The molecule has 0 bridgehead atoms. The minimum Gasteiger partial charge on any atom is -0.480 e. The zero-order valence-corrected chi connectivity index (χ0v) is 25.9.